The van der Waals surface area contributed by atoms with Crippen LogP contribution in [-0.4, -0.2) is 11.3 Å². The van der Waals surface area contributed by atoms with Crippen LogP contribution in [0.15, 0.2) is 18.3 Å². The quantitative estimate of drug-likeness (QED) is 0.661. The summed E-state index contributed by atoms with van der Waals surface area (Å²) in [5.74, 6) is 0.701. The third kappa shape index (κ3) is 3.36. The van der Waals surface area contributed by atoms with Crippen LogP contribution in [0.5, 0.6) is 0 Å². The van der Waals surface area contributed by atoms with Gasteiger partial charge in [0.05, 0.1) is 0 Å². The Morgan fingerprint density at radius 2 is 2.23 bits per heavy atom. The van der Waals surface area contributed by atoms with Crippen LogP contribution < -0.4 is 0 Å². The van der Waals surface area contributed by atoms with E-state index in [-0.39, 0.29) is 0 Å². The fraction of sp³-hybridized carbons (Fsp3) is 0.455. The van der Waals surface area contributed by atoms with Gasteiger partial charge in [0.2, 0.25) is 0 Å². The first-order chi connectivity index (χ1) is 6.22. The zero-order chi connectivity index (χ0) is 9.68. The van der Waals surface area contributed by atoms with Crippen LogP contribution in [0.4, 0.5) is 0 Å². The smallest absolute Gasteiger partial charge is 0.151 e. The largest absolute Gasteiger partial charge is 0.298 e. The highest BCUT2D eigenvalue weighted by Gasteiger charge is 1.98. The van der Waals surface area contributed by atoms with Crippen molar-refractivity contribution in [1.82, 2.24) is 4.98 Å². The van der Waals surface area contributed by atoms with Crippen LogP contribution in [0.25, 0.3) is 0 Å². The van der Waals surface area contributed by atoms with Gasteiger partial charge >= 0.3 is 0 Å². The highest BCUT2D eigenvalue weighted by Crippen LogP contribution is 2.06. The van der Waals surface area contributed by atoms with Crippen molar-refractivity contribution in [2.24, 2.45) is 5.92 Å². The van der Waals surface area contributed by atoms with Gasteiger partial charge < -0.3 is 0 Å². The topological polar surface area (TPSA) is 30.0 Å². The van der Waals surface area contributed by atoms with E-state index in [1.807, 2.05) is 12.1 Å². The molecule has 0 saturated carbocycles. The number of hydrogen-bond donors (Lipinski definition) is 0. The lowest BCUT2D eigenvalue weighted by Gasteiger charge is -2.03. The lowest BCUT2D eigenvalue weighted by Crippen LogP contribution is -1.95. The molecule has 0 N–H and O–H groups in total. The van der Waals surface area contributed by atoms with Gasteiger partial charge in [0.15, 0.2) is 6.29 Å². The van der Waals surface area contributed by atoms with Crippen molar-refractivity contribution in [1.29, 1.82) is 0 Å². The Kier molecular flexibility index (Phi) is 3.62. The third-order valence-electron chi connectivity index (χ3n) is 1.96. The average molecular weight is 177 g/mol. The van der Waals surface area contributed by atoms with E-state index in [2.05, 4.69) is 18.8 Å². The molecule has 1 aromatic rings. The van der Waals surface area contributed by atoms with Crippen molar-refractivity contribution < 1.29 is 4.79 Å². The summed E-state index contributed by atoms with van der Waals surface area (Å²) in [5.41, 5.74) is 1.72. The van der Waals surface area contributed by atoms with E-state index >= 15 is 0 Å². The maximum atomic E-state index is 10.3. The second-order valence-corrected chi connectivity index (χ2v) is 3.63. The zero-order valence-corrected chi connectivity index (χ0v) is 8.16. The Balaban J connectivity index is 2.54. The van der Waals surface area contributed by atoms with E-state index in [0.717, 1.165) is 24.8 Å². The SMILES string of the molecule is CC(C)CCc1ccc(C=O)cn1. The first-order valence-electron chi connectivity index (χ1n) is 4.62. The van der Waals surface area contributed by atoms with Crippen LogP contribution in [0.1, 0.15) is 36.3 Å². The van der Waals surface area contributed by atoms with E-state index < -0.39 is 0 Å². The summed E-state index contributed by atoms with van der Waals surface area (Å²) in [6.45, 7) is 4.39. The molecular formula is C11H15NO. The van der Waals surface area contributed by atoms with Gasteiger partial charge in [-0.25, -0.2) is 0 Å². The van der Waals surface area contributed by atoms with Crippen molar-refractivity contribution >= 4 is 6.29 Å². The molecule has 2 nitrogen and oxygen atoms in total. The number of carbonyl (C=O) groups excluding carboxylic acids is 1. The number of aromatic nitrogens is 1. The molecule has 0 saturated heterocycles. The van der Waals surface area contributed by atoms with Crippen molar-refractivity contribution in [2.75, 3.05) is 0 Å². The Morgan fingerprint density at radius 3 is 2.69 bits per heavy atom. The minimum absolute atomic E-state index is 0.647. The molecule has 0 radical (unpaired) electrons. The number of hydrogen-bond acceptors (Lipinski definition) is 2. The number of aryl methyl sites for hydroxylation is 1. The van der Waals surface area contributed by atoms with Crippen LogP contribution >= 0.6 is 0 Å². The number of carbonyl (C=O) groups is 1. The number of nitrogens with zero attached hydrogens (tertiary/aromatic N) is 1. The lowest BCUT2D eigenvalue weighted by molar-refractivity contribution is 0.112. The molecule has 13 heavy (non-hydrogen) atoms. The average Bonchev–Trinajstić information content (AvgIpc) is 2.15. The molecule has 0 bridgehead atoms. The molecule has 1 rings (SSSR count). The predicted molar refractivity (Wildman–Crippen MR) is 52.8 cm³/mol. The summed E-state index contributed by atoms with van der Waals surface area (Å²) < 4.78 is 0. The maximum Gasteiger partial charge on any atom is 0.151 e. The fourth-order valence-corrected chi connectivity index (χ4v) is 1.09. The van der Waals surface area contributed by atoms with Crippen molar-refractivity contribution in [3.63, 3.8) is 0 Å². The monoisotopic (exact) mass is 177 g/mol. The predicted octanol–water partition coefficient (Wildman–Crippen LogP) is 2.48. The molecule has 0 aromatic carbocycles. The Morgan fingerprint density at radius 1 is 1.46 bits per heavy atom. The molecule has 1 aromatic heterocycles. The van der Waals surface area contributed by atoms with Gasteiger partial charge in [-0.05, 0) is 30.9 Å². The van der Waals surface area contributed by atoms with E-state index in [1.165, 1.54) is 0 Å². The number of rotatable bonds is 4. The van der Waals surface area contributed by atoms with Gasteiger partial charge in [0.25, 0.3) is 0 Å². The summed E-state index contributed by atoms with van der Waals surface area (Å²) in [7, 11) is 0. The number of aldehydes is 1. The molecule has 0 aliphatic rings. The van der Waals surface area contributed by atoms with Crippen molar-refractivity contribution in [3.8, 4) is 0 Å². The minimum Gasteiger partial charge on any atom is -0.298 e. The first-order valence-corrected chi connectivity index (χ1v) is 4.62. The van der Waals surface area contributed by atoms with E-state index in [9.17, 15) is 4.79 Å². The summed E-state index contributed by atoms with van der Waals surface area (Å²) in [5, 5.41) is 0. The zero-order valence-electron chi connectivity index (χ0n) is 8.16. The second kappa shape index (κ2) is 4.75. The van der Waals surface area contributed by atoms with Gasteiger partial charge in [-0.3, -0.25) is 9.78 Å². The van der Waals surface area contributed by atoms with Gasteiger partial charge in [0, 0.05) is 17.5 Å². The molecule has 0 unspecified atom stereocenters. The van der Waals surface area contributed by atoms with Gasteiger partial charge in [-0.2, -0.15) is 0 Å². The van der Waals surface area contributed by atoms with E-state index in [0.29, 0.717) is 11.5 Å². The van der Waals surface area contributed by atoms with E-state index in [4.69, 9.17) is 0 Å². The molecule has 0 amide bonds. The second-order valence-electron chi connectivity index (χ2n) is 3.63. The highest BCUT2D eigenvalue weighted by atomic mass is 16.1. The summed E-state index contributed by atoms with van der Waals surface area (Å²) in [6.07, 6.45) is 4.59. The lowest BCUT2D eigenvalue weighted by atomic mass is 10.1. The normalized spacial score (nSPS) is 10.4. The molecule has 0 fully saturated rings. The summed E-state index contributed by atoms with van der Waals surface area (Å²) in [6, 6.07) is 3.74. The Bertz CT molecular complexity index is 264. The van der Waals surface area contributed by atoms with Crippen LogP contribution in [0.2, 0.25) is 0 Å². The third-order valence-corrected chi connectivity index (χ3v) is 1.96. The number of pyridine rings is 1. The van der Waals surface area contributed by atoms with Crippen molar-refractivity contribution in [3.05, 3.63) is 29.6 Å². The summed E-state index contributed by atoms with van der Waals surface area (Å²) >= 11 is 0. The molecule has 0 spiro atoms. The minimum atomic E-state index is 0.647. The first kappa shape index (κ1) is 9.90. The fourth-order valence-electron chi connectivity index (χ4n) is 1.09. The molecule has 2 heteroatoms. The Labute approximate surface area is 79.0 Å². The molecule has 0 aliphatic carbocycles. The maximum absolute atomic E-state index is 10.3. The van der Waals surface area contributed by atoms with Crippen LogP contribution in [0, 0.1) is 5.92 Å². The molecule has 0 aliphatic heterocycles. The summed E-state index contributed by atoms with van der Waals surface area (Å²) in [4.78, 5) is 14.5. The van der Waals surface area contributed by atoms with Gasteiger partial charge in [0.1, 0.15) is 0 Å². The standard InChI is InChI=1S/C11H15NO/c1-9(2)3-5-11-6-4-10(8-13)7-12-11/h4,6-9H,3,5H2,1-2H3. The van der Waals surface area contributed by atoms with Crippen LogP contribution in [0.3, 0.4) is 0 Å². The highest BCUT2D eigenvalue weighted by molar-refractivity contribution is 5.73. The molecule has 70 valence electrons. The van der Waals surface area contributed by atoms with Gasteiger partial charge in [-0.15, -0.1) is 0 Å². The van der Waals surface area contributed by atoms with E-state index in [1.54, 1.807) is 6.20 Å². The molecule has 1 heterocycles. The Hall–Kier alpha value is -1.18. The van der Waals surface area contributed by atoms with Crippen molar-refractivity contribution in [2.45, 2.75) is 26.7 Å². The molecular weight excluding hydrogens is 162 g/mol. The van der Waals surface area contributed by atoms with Gasteiger partial charge in [-0.1, -0.05) is 13.8 Å². The molecule has 0 atom stereocenters. The van der Waals surface area contributed by atoms with Crippen LogP contribution in [-0.2, 0) is 6.42 Å².